The molecule has 0 spiro atoms. The van der Waals surface area contributed by atoms with Crippen LogP contribution < -0.4 is 11.1 Å². The second-order valence-electron chi connectivity index (χ2n) is 4.11. The molecule has 0 aromatic rings. The van der Waals surface area contributed by atoms with Gasteiger partial charge in [0.05, 0.1) is 5.54 Å². The van der Waals surface area contributed by atoms with Gasteiger partial charge in [-0.3, -0.25) is 4.79 Å². The van der Waals surface area contributed by atoms with E-state index in [9.17, 15) is 4.79 Å². The first kappa shape index (κ1) is 8.05. The van der Waals surface area contributed by atoms with Crippen LogP contribution in [-0.2, 0) is 4.79 Å². The Kier molecular flexibility index (Phi) is 1.83. The van der Waals surface area contributed by atoms with Crippen molar-refractivity contribution in [3.8, 4) is 0 Å². The number of carbonyl (C=O) groups is 1. The summed E-state index contributed by atoms with van der Waals surface area (Å²) in [4.78, 5) is 11.6. The third-order valence-electron chi connectivity index (χ3n) is 2.86. The monoisotopic (exact) mass is 168 g/mol. The van der Waals surface area contributed by atoms with E-state index in [-0.39, 0.29) is 5.91 Å². The first-order valence-electron chi connectivity index (χ1n) is 4.81. The van der Waals surface area contributed by atoms with Crippen molar-refractivity contribution < 1.29 is 4.79 Å². The number of rotatable bonds is 2. The predicted octanol–water partition coefficient (Wildman–Crippen LogP) is 0.536. The number of nitrogens with two attached hydrogens (primary N) is 1. The first-order valence-corrected chi connectivity index (χ1v) is 4.81. The highest BCUT2D eigenvalue weighted by Gasteiger charge is 2.39. The molecule has 0 aliphatic heterocycles. The lowest BCUT2D eigenvalue weighted by Crippen LogP contribution is -2.52. The van der Waals surface area contributed by atoms with Gasteiger partial charge in [-0.2, -0.15) is 0 Å². The molecule has 2 aliphatic carbocycles. The number of carbonyl (C=O) groups excluding carboxylic acids is 1. The second-order valence-corrected chi connectivity index (χ2v) is 4.11. The van der Waals surface area contributed by atoms with E-state index in [2.05, 4.69) is 5.32 Å². The van der Waals surface area contributed by atoms with Gasteiger partial charge < -0.3 is 11.1 Å². The predicted molar refractivity (Wildman–Crippen MR) is 46.6 cm³/mol. The van der Waals surface area contributed by atoms with Crippen molar-refractivity contribution in [2.75, 3.05) is 0 Å². The summed E-state index contributed by atoms with van der Waals surface area (Å²) in [6.45, 7) is 0. The molecule has 2 rings (SSSR count). The minimum Gasteiger partial charge on any atom is -0.352 e. The zero-order valence-corrected chi connectivity index (χ0v) is 7.31. The molecule has 0 aromatic heterocycles. The van der Waals surface area contributed by atoms with Crippen molar-refractivity contribution in [2.24, 2.45) is 5.73 Å². The van der Waals surface area contributed by atoms with E-state index in [0.29, 0.717) is 6.04 Å². The Labute approximate surface area is 72.7 Å². The van der Waals surface area contributed by atoms with Crippen molar-refractivity contribution in [3.05, 3.63) is 0 Å². The number of nitrogens with one attached hydrogen (secondary N) is 1. The zero-order valence-electron chi connectivity index (χ0n) is 7.31. The molecule has 0 heterocycles. The third-order valence-corrected chi connectivity index (χ3v) is 2.86. The summed E-state index contributed by atoms with van der Waals surface area (Å²) < 4.78 is 0. The number of hydrogen-bond acceptors (Lipinski definition) is 2. The van der Waals surface area contributed by atoms with Gasteiger partial charge in [-0.25, -0.2) is 0 Å². The maximum Gasteiger partial charge on any atom is 0.240 e. The Balaban J connectivity index is 1.91. The van der Waals surface area contributed by atoms with Crippen LogP contribution >= 0.6 is 0 Å². The summed E-state index contributed by atoms with van der Waals surface area (Å²) in [6, 6.07) is 0.443. The maximum atomic E-state index is 11.6. The minimum atomic E-state index is -0.525. The van der Waals surface area contributed by atoms with Crippen LogP contribution in [0.3, 0.4) is 0 Å². The van der Waals surface area contributed by atoms with Crippen LogP contribution in [0.5, 0.6) is 0 Å². The van der Waals surface area contributed by atoms with Crippen molar-refractivity contribution in [3.63, 3.8) is 0 Å². The molecule has 0 atom stereocenters. The van der Waals surface area contributed by atoms with Gasteiger partial charge in [-0.05, 0) is 25.7 Å². The number of hydrogen-bond donors (Lipinski definition) is 2. The van der Waals surface area contributed by atoms with E-state index >= 15 is 0 Å². The Morgan fingerprint density at radius 2 is 1.92 bits per heavy atom. The normalized spacial score (nSPS) is 27.1. The van der Waals surface area contributed by atoms with E-state index in [1.807, 2.05) is 0 Å². The van der Waals surface area contributed by atoms with Crippen molar-refractivity contribution in [2.45, 2.75) is 50.1 Å². The van der Waals surface area contributed by atoms with Gasteiger partial charge in [-0.1, -0.05) is 12.8 Å². The summed E-state index contributed by atoms with van der Waals surface area (Å²) in [5.41, 5.74) is 5.44. The molecule has 2 saturated carbocycles. The standard InChI is InChI=1S/C9H16N2O/c10-9(5-1-2-6-9)8(12)11-7-3-4-7/h7H,1-6,10H2,(H,11,12). The maximum absolute atomic E-state index is 11.6. The molecule has 0 unspecified atom stereocenters. The van der Waals surface area contributed by atoms with Crippen LogP contribution in [0.25, 0.3) is 0 Å². The highest BCUT2D eigenvalue weighted by atomic mass is 16.2. The fraction of sp³-hybridized carbons (Fsp3) is 0.889. The van der Waals surface area contributed by atoms with Crippen molar-refractivity contribution in [1.82, 2.24) is 5.32 Å². The lowest BCUT2D eigenvalue weighted by Gasteiger charge is -2.21. The van der Waals surface area contributed by atoms with Crippen LogP contribution in [0.1, 0.15) is 38.5 Å². The van der Waals surface area contributed by atoms with Gasteiger partial charge in [0.15, 0.2) is 0 Å². The molecule has 0 saturated heterocycles. The van der Waals surface area contributed by atoms with Crippen LogP contribution in [0, 0.1) is 0 Å². The Hall–Kier alpha value is -0.570. The molecule has 3 N–H and O–H groups in total. The van der Waals surface area contributed by atoms with Gasteiger partial charge in [0.2, 0.25) is 5.91 Å². The highest BCUT2D eigenvalue weighted by Crippen LogP contribution is 2.28. The molecule has 3 nitrogen and oxygen atoms in total. The summed E-state index contributed by atoms with van der Waals surface area (Å²) in [7, 11) is 0. The SMILES string of the molecule is NC1(C(=O)NC2CC2)CCCC1. The fourth-order valence-electron chi connectivity index (χ4n) is 1.79. The van der Waals surface area contributed by atoms with E-state index in [0.717, 1.165) is 38.5 Å². The molecule has 3 heteroatoms. The Morgan fingerprint density at radius 3 is 2.42 bits per heavy atom. The molecule has 2 aliphatic rings. The van der Waals surface area contributed by atoms with Crippen LogP contribution in [0.2, 0.25) is 0 Å². The first-order chi connectivity index (χ1) is 5.71. The molecule has 0 aromatic carbocycles. The molecule has 68 valence electrons. The molecule has 0 radical (unpaired) electrons. The van der Waals surface area contributed by atoms with E-state index in [1.165, 1.54) is 0 Å². The highest BCUT2D eigenvalue weighted by molar-refractivity contribution is 5.86. The van der Waals surface area contributed by atoms with Crippen LogP contribution in [-0.4, -0.2) is 17.5 Å². The summed E-state index contributed by atoms with van der Waals surface area (Å²) in [6.07, 6.45) is 6.23. The van der Waals surface area contributed by atoms with Gasteiger partial charge in [0.1, 0.15) is 0 Å². The van der Waals surface area contributed by atoms with Crippen molar-refractivity contribution in [1.29, 1.82) is 0 Å². The molecular weight excluding hydrogens is 152 g/mol. The average molecular weight is 168 g/mol. The zero-order chi connectivity index (χ0) is 8.60. The Morgan fingerprint density at radius 1 is 1.33 bits per heavy atom. The van der Waals surface area contributed by atoms with Gasteiger partial charge >= 0.3 is 0 Å². The molecular formula is C9H16N2O. The van der Waals surface area contributed by atoms with Crippen LogP contribution in [0.15, 0.2) is 0 Å². The fourth-order valence-corrected chi connectivity index (χ4v) is 1.79. The quantitative estimate of drug-likeness (QED) is 0.632. The molecule has 1 amide bonds. The average Bonchev–Trinajstić information content (AvgIpc) is 2.73. The number of amides is 1. The van der Waals surface area contributed by atoms with E-state index in [1.54, 1.807) is 0 Å². The second kappa shape index (κ2) is 2.73. The molecule has 2 fully saturated rings. The smallest absolute Gasteiger partial charge is 0.240 e. The topological polar surface area (TPSA) is 55.1 Å². The van der Waals surface area contributed by atoms with Crippen molar-refractivity contribution >= 4 is 5.91 Å². The largest absolute Gasteiger partial charge is 0.352 e. The van der Waals surface area contributed by atoms with E-state index < -0.39 is 5.54 Å². The van der Waals surface area contributed by atoms with Crippen LogP contribution in [0.4, 0.5) is 0 Å². The summed E-state index contributed by atoms with van der Waals surface area (Å²) >= 11 is 0. The lowest BCUT2D eigenvalue weighted by atomic mass is 9.98. The summed E-state index contributed by atoms with van der Waals surface area (Å²) in [5.74, 6) is 0.0856. The summed E-state index contributed by atoms with van der Waals surface area (Å²) in [5, 5.41) is 2.97. The van der Waals surface area contributed by atoms with Gasteiger partial charge in [0, 0.05) is 6.04 Å². The van der Waals surface area contributed by atoms with E-state index in [4.69, 9.17) is 5.73 Å². The van der Waals surface area contributed by atoms with Gasteiger partial charge in [-0.15, -0.1) is 0 Å². The lowest BCUT2D eigenvalue weighted by molar-refractivity contribution is -0.126. The molecule has 0 bridgehead atoms. The Bertz CT molecular complexity index is 193. The minimum absolute atomic E-state index is 0.0856. The van der Waals surface area contributed by atoms with Gasteiger partial charge in [0.25, 0.3) is 0 Å². The molecule has 12 heavy (non-hydrogen) atoms. The third kappa shape index (κ3) is 1.46.